The normalized spacial score (nSPS) is 13.0. The first-order valence-electron chi connectivity index (χ1n) is 7.94. The molecule has 1 heterocycles. The molecule has 1 aliphatic rings. The molecule has 0 bridgehead atoms. The minimum Gasteiger partial charge on any atom is -0.486 e. The number of anilines is 1. The number of nitrogens with one attached hydrogen (secondary N) is 1. The summed E-state index contributed by atoms with van der Waals surface area (Å²) in [5.41, 5.74) is 0.878. The number of hydrogen-bond donors (Lipinski definition) is 1. The highest BCUT2D eigenvalue weighted by Gasteiger charge is 2.17. The highest BCUT2D eigenvalue weighted by molar-refractivity contribution is 9.10. The van der Waals surface area contributed by atoms with Gasteiger partial charge in [0.1, 0.15) is 24.8 Å². The maximum Gasteiger partial charge on any atom is 0.238 e. The standard InChI is InChI=1S/C18H17BrF2N2O3/c1-23(9-11-2-3-12(20)6-14(11)21)10-18(24)22-15-8-17-16(7-13(15)19)25-4-5-26-17/h2-3,6-8H,4-5,9-10H2,1H3,(H,22,24). The van der Waals surface area contributed by atoms with E-state index >= 15 is 0 Å². The third-order valence-corrected chi connectivity index (χ3v) is 4.43. The molecule has 0 unspecified atom stereocenters. The second-order valence-electron chi connectivity index (χ2n) is 5.93. The van der Waals surface area contributed by atoms with Crippen LogP contribution in [0.5, 0.6) is 11.5 Å². The van der Waals surface area contributed by atoms with Crippen LogP contribution in [0.4, 0.5) is 14.5 Å². The summed E-state index contributed by atoms with van der Waals surface area (Å²) in [4.78, 5) is 13.9. The van der Waals surface area contributed by atoms with Crippen LogP contribution in [0, 0.1) is 11.6 Å². The van der Waals surface area contributed by atoms with Gasteiger partial charge in [0, 0.05) is 34.8 Å². The van der Waals surface area contributed by atoms with Crippen LogP contribution in [0.25, 0.3) is 0 Å². The summed E-state index contributed by atoms with van der Waals surface area (Å²) < 4.78 is 38.3. The number of rotatable bonds is 5. The van der Waals surface area contributed by atoms with Crippen LogP contribution in [0.1, 0.15) is 5.56 Å². The number of likely N-dealkylation sites (N-methyl/N-ethyl adjacent to an activating group) is 1. The van der Waals surface area contributed by atoms with Crippen LogP contribution < -0.4 is 14.8 Å². The van der Waals surface area contributed by atoms with E-state index in [9.17, 15) is 13.6 Å². The van der Waals surface area contributed by atoms with E-state index in [0.29, 0.717) is 40.4 Å². The van der Waals surface area contributed by atoms with Crippen molar-refractivity contribution in [2.45, 2.75) is 6.54 Å². The van der Waals surface area contributed by atoms with E-state index < -0.39 is 11.6 Å². The van der Waals surface area contributed by atoms with Crippen molar-refractivity contribution in [2.75, 3.05) is 32.1 Å². The lowest BCUT2D eigenvalue weighted by Crippen LogP contribution is -2.30. The summed E-state index contributed by atoms with van der Waals surface area (Å²) in [6.07, 6.45) is 0. The predicted molar refractivity (Wildman–Crippen MR) is 96.5 cm³/mol. The van der Waals surface area contributed by atoms with Crippen LogP contribution in [-0.4, -0.2) is 37.6 Å². The second kappa shape index (κ2) is 8.01. The molecular weight excluding hydrogens is 410 g/mol. The van der Waals surface area contributed by atoms with Gasteiger partial charge in [0.2, 0.25) is 5.91 Å². The lowest BCUT2D eigenvalue weighted by atomic mass is 10.2. The molecule has 3 rings (SSSR count). The number of carbonyl (C=O) groups excluding carboxylic acids is 1. The molecule has 0 saturated heterocycles. The van der Waals surface area contributed by atoms with Crippen LogP contribution in [0.15, 0.2) is 34.8 Å². The summed E-state index contributed by atoms with van der Waals surface area (Å²) in [5.74, 6) is -0.351. The molecule has 0 atom stereocenters. The van der Waals surface area contributed by atoms with Gasteiger partial charge in [-0.2, -0.15) is 0 Å². The van der Waals surface area contributed by atoms with Gasteiger partial charge in [0.05, 0.1) is 12.2 Å². The van der Waals surface area contributed by atoms with Crippen molar-refractivity contribution >= 4 is 27.5 Å². The third-order valence-electron chi connectivity index (χ3n) is 3.77. The van der Waals surface area contributed by atoms with Gasteiger partial charge in [-0.15, -0.1) is 0 Å². The van der Waals surface area contributed by atoms with Crippen molar-refractivity contribution < 1.29 is 23.0 Å². The zero-order chi connectivity index (χ0) is 18.7. The van der Waals surface area contributed by atoms with Gasteiger partial charge >= 0.3 is 0 Å². The van der Waals surface area contributed by atoms with Crippen molar-refractivity contribution in [2.24, 2.45) is 0 Å². The molecule has 0 radical (unpaired) electrons. The third kappa shape index (κ3) is 4.50. The van der Waals surface area contributed by atoms with Gasteiger partial charge in [-0.25, -0.2) is 8.78 Å². The van der Waals surface area contributed by atoms with E-state index in [1.165, 1.54) is 12.1 Å². The average Bonchev–Trinajstić information content (AvgIpc) is 2.58. The Hall–Kier alpha value is -2.19. The number of carbonyl (C=O) groups is 1. The minimum atomic E-state index is -0.633. The van der Waals surface area contributed by atoms with Crippen LogP contribution in [0.3, 0.4) is 0 Å². The molecule has 26 heavy (non-hydrogen) atoms. The van der Waals surface area contributed by atoms with Gasteiger partial charge in [-0.05, 0) is 29.0 Å². The van der Waals surface area contributed by atoms with E-state index in [2.05, 4.69) is 21.2 Å². The van der Waals surface area contributed by atoms with Gasteiger partial charge in [0.15, 0.2) is 11.5 Å². The second-order valence-corrected chi connectivity index (χ2v) is 6.79. The predicted octanol–water partition coefficient (Wildman–Crippen LogP) is 3.57. The van der Waals surface area contributed by atoms with E-state index in [1.807, 2.05) is 0 Å². The molecule has 8 heteroatoms. The Morgan fingerprint density at radius 1 is 1.19 bits per heavy atom. The van der Waals surface area contributed by atoms with Gasteiger partial charge in [0.25, 0.3) is 0 Å². The fraction of sp³-hybridized carbons (Fsp3) is 0.278. The van der Waals surface area contributed by atoms with E-state index in [0.717, 1.165) is 6.07 Å². The molecule has 1 aliphatic heterocycles. The molecule has 0 saturated carbocycles. The molecule has 5 nitrogen and oxygen atoms in total. The number of amides is 1. The molecule has 1 N–H and O–H groups in total. The molecule has 0 aliphatic carbocycles. The van der Waals surface area contributed by atoms with Crippen LogP contribution in [-0.2, 0) is 11.3 Å². The molecule has 0 aromatic heterocycles. The summed E-state index contributed by atoms with van der Waals surface area (Å²) in [5, 5.41) is 2.78. The summed E-state index contributed by atoms with van der Waals surface area (Å²) >= 11 is 3.39. The molecule has 2 aromatic rings. The Bertz CT molecular complexity index is 832. The quantitative estimate of drug-likeness (QED) is 0.793. The zero-order valence-corrected chi connectivity index (χ0v) is 15.6. The van der Waals surface area contributed by atoms with E-state index in [-0.39, 0.29) is 19.0 Å². The van der Waals surface area contributed by atoms with Gasteiger partial charge in [-0.3, -0.25) is 9.69 Å². The SMILES string of the molecule is CN(CC(=O)Nc1cc2c(cc1Br)OCCO2)Cc1ccc(F)cc1F. The molecule has 1 amide bonds. The van der Waals surface area contributed by atoms with E-state index in [4.69, 9.17) is 9.47 Å². The van der Waals surface area contributed by atoms with Gasteiger partial charge < -0.3 is 14.8 Å². The summed E-state index contributed by atoms with van der Waals surface area (Å²) in [6, 6.07) is 6.82. The van der Waals surface area contributed by atoms with Crippen LogP contribution >= 0.6 is 15.9 Å². The Labute approximate surface area is 158 Å². The first-order valence-corrected chi connectivity index (χ1v) is 8.73. The Kier molecular flexibility index (Phi) is 5.73. The lowest BCUT2D eigenvalue weighted by Gasteiger charge is -2.21. The largest absolute Gasteiger partial charge is 0.486 e. The van der Waals surface area contributed by atoms with Crippen molar-refractivity contribution in [1.29, 1.82) is 0 Å². The van der Waals surface area contributed by atoms with Gasteiger partial charge in [-0.1, -0.05) is 6.07 Å². The Morgan fingerprint density at radius 3 is 2.58 bits per heavy atom. The molecular formula is C18H17BrF2N2O3. The first-order chi connectivity index (χ1) is 12.4. The first kappa shape index (κ1) is 18.6. The Morgan fingerprint density at radius 2 is 1.88 bits per heavy atom. The Balaban J connectivity index is 1.61. The number of fused-ring (bicyclic) bond motifs is 1. The topological polar surface area (TPSA) is 50.8 Å². The zero-order valence-electron chi connectivity index (χ0n) is 14.0. The lowest BCUT2D eigenvalue weighted by molar-refractivity contribution is -0.117. The number of benzene rings is 2. The van der Waals surface area contributed by atoms with Crippen molar-refractivity contribution in [3.05, 3.63) is 52.0 Å². The average molecular weight is 427 g/mol. The molecule has 2 aromatic carbocycles. The summed E-state index contributed by atoms with van der Waals surface area (Å²) in [6.45, 7) is 1.16. The minimum absolute atomic E-state index is 0.0394. The number of halogens is 3. The fourth-order valence-electron chi connectivity index (χ4n) is 2.59. The number of hydrogen-bond acceptors (Lipinski definition) is 4. The number of nitrogens with zero attached hydrogens (tertiary/aromatic N) is 1. The van der Waals surface area contributed by atoms with Crippen molar-refractivity contribution in [1.82, 2.24) is 4.90 Å². The summed E-state index contributed by atoms with van der Waals surface area (Å²) in [7, 11) is 1.68. The molecule has 138 valence electrons. The molecule has 0 fully saturated rings. The smallest absolute Gasteiger partial charge is 0.238 e. The maximum atomic E-state index is 13.7. The maximum absolute atomic E-state index is 13.7. The van der Waals surface area contributed by atoms with Crippen molar-refractivity contribution in [3.63, 3.8) is 0 Å². The highest BCUT2D eigenvalue weighted by Crippen LogP contribution is 2.38. The van der Waals surface area contributed by atoms with E-state index in [1.54, 1.807) is 24.1 Å². The van der Waals surface area contributed by atoms with Crippen molar-refractivity contribution in [3.8, 4) is 11.5 Å². The molecule has 0 spiro atoms. The highest BCUT2D eigenvalue weighted by atomic mass is 79.9. The fourth-order valence-corrected chi connectivity index (χ4v) is 3.01. The van der Waals surface area contributed by atoms with Crippen LogP contribution in [0.2, 0.25) is 0 Å². The monoisotopic (exact) mass is 426 g/mol. The number of ether oxygens (including phenoxy) is 2.